The first-order valence-corrected chi connectivity index (χ1v) is 3.15. The van der Waals surface area contributed by atoms with Gasteiger partial charge >= 0.3 is 0 Å². The van der Waals surface area contributed by atoms with Crippen molar-refractivity contribution < 1.29 is 0 Å². The van der Waals surface area contributed by atoms with Crippen molar-refractivity contribution in [2.45, 2.75) is 27.2 Å². The molecule has 0 bridgehead atoms. The first-order chi connectivity index (χ1) is 4.12. The molecule has 50 valence electrons. The standard InChI is InChI=1S/C8H13N/c1-4-5-6-8(2,3)7-9/h4-5H,6H2,1-3H3/b5-4-. The van der Waals surface area contributed by atoms with Crippen molar-refractivity contribution in [3.05, 3.63) is 12.2 Å². The van der Waals surface area contributed by atoms with Crippen LogP contribution in [0.2, 0.25) is 0 Å². The highest BCUT2D eigenvalue weighted by atomic mass is 14.3. The monoisotopic (exact) mass is 123 g/mol. The summed E-state index contributed by atoms with van der Waals surface area (Å²) in [6, 6.07) is 2.22. The van der Waals surface area contributed by atoms with Crippen LogP contribution in [0.3, 0.4) is 0 Å². The third-order valence-corrected chi connectivity index (χ3v) is 1.17. The summed E-state index contributed by atoms with van der Waals surface area (Å²) < 4.78 is 0. The van der Waals surface area contributed by atoms with E-state index in [1.165, 1.54) is 0 Å². The lowest BCUT2D eigenvalue weighted by Crippen LogP contribution is -2.04. The molecule has 0 N–H and O–H groups in total. The number of rotatable bonds is 2. The Morgan fingerprint density at radius 1 is 1.56 bits per heavy atom. The molecule has 0 unspecified atom stereocenters. The van der Waals surface area contributed by atoms with Gasteiger partial charge in [-0.3, -0.25) is 0 Å². The van der Waals surface area contributed by atoms with E-state index in [4.69, 9.17) is 5.26 Å². The van der Waals surface area contributed by atoms with Crippen LogP contribution in [0, 0.1) is 16.7 Å². The van der Waals surface area contributed by atoms with Crippen LogP contribution in [0.15, 0.2) is 12.2 Å². The van der Waals surface area contributed by atoms with E-state index in [2.05, 4.69) is 6.07 Å². The Kier molecular flexibility index (Phi) is 3.01. The summed E-state index contributed by atoms with van der Waals surface area (Å²) in [6.45, 7) is 5.84. The molecule has 0 rings (SSSR count). The lowest BCUT2D eigenvalue weighted by molar-refractivity contribution is 0.504. The molecule has 0 aromatic carbocycles. The van der Waals surface area contributed by atoms with Gasteiger partial charge in [-0.05, 0) is 27.2 Å². The zero-order valence-corrected chi connectivity index (χ0v) is 6.31. The minimum atomic E-state index is -0.188. The molecule has 0 heterocycles. The number of hydrogen-bond acceptors (Lipinski definition) is 1. The lowest BCUT2D eigenvalue weighted by atomic mass is 9.91. The van der Waals surface area contributed by atoms with Gasteiger partial charge in [-0.25, -0.2) is 0 Å². The normalized spacial score (nSPS) is 11.8. The first kappa shape index (κ1) is 8.23. The zero-order valence-electron chi connectivity index (χ0n) is 6.31. The summed E-state index contributed by atoms with van der Waals surface area (Å²) in [5.41, 5.74) is -0.188. The summed E-state index contributed by atoms with van der Waals surface area (Å²) in [5, 5.41) is 8.54. The largest absolute Gasteiger partial charge is 0.198 e. The molecule has 0 aliphatic heterocycles. The van der Waals surface area contributed by atoms with Crippen LogP contribution < -0.4 is 0 Å². The Morgan fingerprint density at radius 2 is 2.11 bits per heavy atom. The number of nitriles is 1. The van der Waals surface area contributed by atoms with Gasteiger partial charge in [0.05, 0.1) is 11.5 Å². The van der Waals surface area contributed by atoms with Crippen molar-refractivity contribution in [2.75, 3.05) is 0 Å². The minimum Gasteiger partial charge on any atom is -0.198 e. The summed E-state index contributed by atoms with van der Waals surface area (Å²) in [6.07, 6.45) is 4.84. The quantitative estimate of drug-likeness (QED) is 0.517. The van der Waals surface area contributed by atoms with Gasteiger partial charge in [0.2, 0.25) is 0 Å². The third kappa shape index (κ3) is 3.78. The molecule has 1 heteroatoms. The number of hydrogen-bond donors (Lipinski definition) is 0. The average molecular weight is 123 g/mol. The van der Waals surface area contributed by atoms with Gasteiger partial charge < -0.3 is 0 Å². The topological polar surface area (TPSA) is 23.8 Å². The zero-order chi connectivity index (χ0) is 7.33. The minimum absolute atomic E-state index is 0.188. The van der Waals surface area contributed by atoms with E-state index in [1.54, 1.807) is 0 Å². The van der Waals surface area contributed by atoms with Crippen LogP contribution in [0.5, 0.6) is 0 Å². The molecule has 0 aliphatic rings. The molecule has 0 aliphatic carbocycles. The van der Waals surface area contributed by atoms with E-state index in [0.29, 0.717) is 0 Å². The first-order valence-electron chi connectivity index (χ1n) is 3.15. The molecule has 0 spiro atoms. The predicted molar refractivity (Wildman–Crippen MR) is 38.8 cm³/mol. The molecule has 1 nitrogen and oxygen atoms in total. The second-order valence-electron chi connectivity index (χ2n) is 2.77. The van der Waals surface area contributed by atoms with Crippen molar-refractivity contribution in [1.82, 2.24) is 0 Å². The average Bonchev–Trinajstić information content (AvgIpc) is 1.84. The van der Waals surface area contributed by atoms with Crippen molar-refractivity contribution >= 4 is 0 Å². The molecule has 0 saturated carbocycles. The van der Waals surface area contributed by atoms with Crippen LogP contribution in [-0.4, -0.2) is 0 Å². The van der Waals surface area contributed by atoms with Crippen LogP contribution in [0.25, 0.3) is 0 Å². The van der Waals surface area contributed by atoms with E-state index < -0.39 is 0 Å². The number of nitrogens with zero attached hydrogens (tertiary/aromatic N) is 1. The van der Waals surface area contributed by atoms with Crippen LogP contribution >= 0.6 is 0 Å². The molecule has 0 amide bonds. The van der Waals surface area contributed by atoms with Crippen LogP contribution in [0.4, 0.5) is 0 Å². The van der Waals surface area contributed by atoms with Gasteiger partial charge in [-0.1, -0.05) is 12.2 Å². The Labute approximate surface area is 57.0 Å². The molecular formula is C8H13N. The van der Waals surface area contributed by atoms with E-state index in [0.717, 1.165) is 6.42 Å². The van der Waals surface area contributed by atoms with Crippen LogP contribution in [0.1, 0.15) is 27.2 Å². The molecular weight excluding hydrogens is 110 g/mol. The molecule has 0 fully saturated rings. The Hall–Kier alpha value is -0.770. The maximum Gasteiger partial charge on any atom is 0.0687 e. The summed E-state index contributed by atoms with van der Waals surface area (Å²) >= 11 is 0. The van der Waals surface area contributed by atoms with E-state index >= 15 is 0 Å². The van der Waals surface area contributed by atoms with E-state index in [1.807, 2.05) is 32.9 Å². The SMILES string of the molecule is C/C=C\CC(C)(C)C#N. The van der Waals surface area contributed by atoms with Gasteiger partial charge in [0.1, 0.15) is 0 Å². The highest BCUT2D eigenvalue weighted by molar-refractivity contribution is 4.97. The summed E-state index contributed by atoms with van der Waals surface area (Å²) in [4.78, 5) is 0. The van der Waals surface area contributed by atoms with Gasteiger partial charge in [-0.2, -0.15) is 5.26 Å². The maximum absolute atomic E-state index is 8.54. The second kappa shape index (κ2) is 3.29. The van der Waals surface area contributed by atoms with Crippen molar-refractivity contribution in [2.24, 2.45) is 5.41 Å². The number of allylic oxidation sites excluding steroid dienone is 2. The molecule has 0 radical (unpaired) electrons. The molecule has 0 saturated heterocycles. The Balaban J connectivity index is 3.76. The van der Waals surface area contributed by atoms with Crippen LogP contribution in [-0.2, 0) is 0 Å². The van der Waals surface area contributed by atoms with Gasteiger partial charge in [0, 0.05) is 0 Å². The molecule has 9 heavy (non-hydrogen) atoms. The predicted octanol–water partition coefficient (Wildman–Crippen LogP) is 2.50. The maximum atomic E-state index is 8.54. The highest BCUT2D eigenvalue weighted by Gasteiger charge is 2.12. The lowest BCUT2D eigenvalue weighted by Gasteiger charge is -2.10. The fourth-order valence-corrected chi connectivity index (χ4v) is 0.458. The van der Waals surface area contributed by atoms with E-state index in [-0.39, 0.29) is 5.41 Å². The Morgan fingerprint density at radius 3 is 2.44 bits per heavy atom. The smallest absolute Gasteiger partial charge is 0.0687 e. The third-order valence-electron chi connectivity index (χ3n) is 1.17. The molecule has 0 atom stereocenters. The van der Waals surface area contributed by atoms with Gasteiger partial charge in [0.25, 0.3) is 0 Å². The molecule has 0 aromatic rings. The highest BCUT2D eigenvalue weighted by Crippen LogP contribution is 2.18. The van der Waals surface area contributed by atoms with Crippen molar-refractivity contribution in [1.29, 1.82) is 5.26 Å². The fourth-order valence-electron chi connectivity index (χ4n) is 0.458. The van der Waals surface area contributed by atoms with E-state index in [9.17, 15) is 0 Å². The summed E-state index contributed by atoms with van der Waals surface area (Å²) in [5.74, 6) is 0. The van der Waals surface area contributed by atoms with Crippen molar-refractivity contribution in [3.8, 4) is 6.07 Å². The molecule has 0 aromatic heterocycles. The Bertz CT molecular complexity index is 137. The summed E-state index contributed by atoms with van der Waals surface area (Å²) in [7, 11) is 0. The van der Waals surface area contributed by atoms with Crippen molar-refractivity contribution in [3.63, 3.8) is 0 Å². The second-order valence-corrected chi connectivity index (χ2v) is 2.77. The van der Waals surface area contributed by atoms with Gasteiger partial charge in [0.15, 0.2) is 0 Å². The fraction of sp³-hybridized carbons (Fsp3) is 0.625. The van der Waals surface area contributed by atoms with Gasteiger partial charge in [-0.15, -0.1) is 0 Å².